The Balaban J connectivity index is 2.65. The Morgan fingerprint density at radius 3 is 2.92 bits per heavy atom. The van der Waals surface area contributed by atoms with Gasteiger partial charge in [0.15, 0.2) is 0 Å². The molecule has 0 aliphatic rings. The molecule has 1 aromatic rings. The molecule has 0 fully saturated rings. The molecule has 0 bridgehead atoms. The molecule has 64 valence electrons. The van der Waals surface area contributed by atoms with Crippen LogP contribution >= 0.6 is 0 Å². The number of carbonyl (C=O) groups is 1. The zero-order valence-corrected chi connectivity index (χ0v) is 7.03. The lowest BCUT2D eigenvalue weighted by molar-refractivity contribution is -0.118. The Labute approximate surface area is 71.6 Å². The van der Waals surface area contributed by atoms with Gasteiger partial charge in [-0.3, -0.25) is 9.78 Å². The maximum Gasteiger partial charge on any atom is 0.218 e. The van der Waals surface area contributed by atoms with E-state index in [2.05, 4.69) is 4.98 Å². The van der Waals surface area contributed by atoms with Crippen molar-refractivity contribution in [3.8, 4) is 0 Å². The molecular formula is C9H12N2O. The lowest BCUT2D eigenvalue weighted by atomic mass is 10.0. The number of pyridine rings is 1. The lowest BCUT2D eigenvalue weighted by Crippen LogP contribution is -2.14. The van der Waals surface area contributed by atoms with E-state index in [0.29, 0.717) is 6.42 Å². The SMILES string of the molecule is C[C@@H](CC(N)=O)c1ccccn1. The lowest BCUT2D eigenvalue weighted by Gasteiger charge is -2.06. The Morgan fingerprint density at radius 2 is 2.42 bits per heavy atom. The Hall–Kier alpha value is -1.38. The topological polar surface area (TPSA) is 56.0 Å². The first kappa shape index (κ1) is 8.71. The first-order chi connectivity index (χ1) is 5.70. The van der Waals surface area contributed by atoms with E-state index in [1.54, 1.807) is 6.20 Å². The van der Waals surface area contributed by atoms with Gasteiger partial charge in [0.25, 0.3) is 0 Å². The number of nitrogens with zero attached hydrogens (tertiary/aromatic N) is 1. The third-order valence-electron chi connectivity index (χ3n) is 1.70. The quantitative estimate of drug-likeness (QED) is 0.726. The van der Waals surface area contributed by atoms with Gasteiger partial charge in [-0.2, -0.15) is 0 Å². The van der Waals surface area contributed by atoms with Gasteiger partial charge >= 0.3 is 0 Å². The van der Waals surface area contributed by atoms with Gasteiger partial charge in [-0.1, -0.05) is 13.0 Å². The van der Waals surface area contributed by atoms with Crippen molar-refractivity contribution in [1.82, 2.24) is 4.98 Å². The van der Waals surface area contributed by atoms with Crippen LogP contribution in [0.5, 0.6) is 0 Å². The molecule has 0 aliphatic carbocycles. The molecule has 3 nitrogen and oxygen atoms in total. The minimum atomic E-state index is -0.284. The van der Waals surface area contributed by atoms with Crippen molar-refractivity contribution < 1.29 is 4.79 Å². The molecule has 0 radical (unpaired) electrons. The second-order valence-corrected chi connectivity index (χ2v) is 2.83. The van der Waals surface area contributed by atoms with Crippen LogP contribution in [0.3, 0.4) is 0 Å². The minimum Gasteiger partial charge on any atom is -0.370 e. The van der Waals surface area contributed by atoms with Gasteiger partial charge in [-0.15, -0.1) is 0 Å². The Morgan fingerprint density at radius 1 is 1.67 bits per heavy atom. The molecule has 1 heterocycles. The summed E-state index contributed by atoms with van der Waals surface area (Å²) < 4.78 is 0. The zero-order chi connectivity index (χ0) is 8.97. The third kappa shape index (κ3) is 2.34. The second-order valence-electron chi connectivity index (χ2n) is 2.83. The zero-order valence-electron chi connectivity index (χ0n) is 7.03. The molecule has 12 heavy (non-hydrogen) atoms. The van der Waals surface area contributed by atoms with Gasteiger partial charge < -0.3 is 5.73 Å². The molecular weight excluding hydrogens is 152 g/mol. The van der Waals surface area contributed by atoms with Crippen LogP contribution in [-0.4, -0.2) is 10.9 Å². The molecule has 0 spiro atoms. The summed E-state index contributed by atoms with van der Waals surface area (Å²) in [6.07, 6.45) is 2.07. The van der Waals surface area contributed by atoms with Gasteiger partial charge in [0.05, 0.1) is 0 Å². The normalized spacial score (nSPS) is 12.4. The first-order valence-corrected chi connectivity index (χ1v) is 3.89. The maximum atomic E-state index is 10.6. The van der Waals surface area contributed by atoms with Gasteiger partial charge in [-0.25, -0.2) is 0 Å². The monoisotopic (exact) mass is 164 g/mol. The van der Waals surface area contributed by atoms with Crippen LogP contribution in [0, 0.1) is 0 Å². The van der Waals surface area contributed by atoms with Crippen molar-refractivity contribution in [2.45, 2.75) is 19.3 Å². The van der Waals surface area contributed by atoms with Crippen LogP contribution in [0.1, 0.15) is 25.0 Å². The summed E-state index contributed by atoms with van der Waals surface area (Å²) in [6.45, 7) is 1.94. The van der Waals surface area contributed by atoms with E-state index in [4.69, 9.17) is 5.73 Å². The van der Waals surface area contributed by atoms with Crippen LogP contribution in [0.2, 0.25) is 0 Å². The average molecular weight is 164 g/mol. The predicted molar refractivity (Wildman–Crippen MR) is 46.5 cm³/mol. The summed E-state index contributed by atoms with van der Waals surface area (Å²) in [5, 5.41) is 0. The second kappa shape index (κ2) is 3.85. The van der Waals surface area contributed by atoms with Crippen LogP contribution in [0.15, 0.2) is 24.4 Å². The number of aromatic nitrogens is 1. The van der Waals surface area contributed by atoms with E-state index < -0.39 is 0 Å². The highest BCUT2D eigenvalue weighted by Gasteiger charge is 2.08. The number of nitrogens with two attached hydrogens (primary N) is 1. The van der Waals surface area contributed by atoms with Crippen LogP contribution in [-0.2, 0) is 4.79 Å². The van der Waals surface area contributed by atoms with Crippen molar-refractivity contribution in [2.24, 2.45) is 5.73 Å². The number of carbonyl (C=O) groups excluding carboxylic acids is 1. The average Bonchev–Trinajstić information content (AvgIpc) is 2.05. The molecule has 0 saturated heterocycles. The molecule has 1 rings (SSSR count). The number of hydrogen-bond acceptors (Lipinski definition) is 2. The van der Waals surface area contributed by atoms with E-state index in [9.17, 15) is 4.79 Å². The van der Waals surface area contributed by atoms with Gasteiger partial charge in [0.1, 0.15) is 0 Å². The Kier molecular flexibility index (Phi) is 2.80. The Bertz CT molecular complexity index is 258. The van der Waals surface area contributed by atoms with Crippen LogP contribution in [0.4, 0.5) is 0 Å². The summed E-state index contributed by atoms with van der Waals surface area (Å²) in [5.74, 6) is -0.170. The molecule has 1 aromatic heterocycles. The van der Waals surface area contributed by atoms with Crippen LogP contribution in [0.25, 0.3) is 0 Å². The number of rotatable bonds is 3. The fraction of sp³-hybridized carbons (Fsp3) is 0.333. The van der Waals surface area contributed by atoms with Gasteiger partial charge in [0, 0.05) is 24.2 Å². The highest BCUT2D eigenvalue weighted by molar-refractivity contribution is 5.74. The highest BCUT2D eigenvalue weighted by atomic mass is 16.1. The number of primary amides is 1. The summed E-state index contributed by atoms with van der Waals surface area (Å²) >= 11 is 0. The molecule has 0 aromatic carbocycles. The highest BCUT2D eigenvalue weighted by Crippen LogP contribution is 2.14. The summed E-state index contributed by atoms with van der Waals surface area (Å²) in [5.41, 5.74) is 5.98. The molecule has 0 saturated carbocycles. The minimum absolute atomic E-state index is 0.115. The molecule has 2 N–H and O–H groups in total. The standard InChI is InChI=1S/C9H12N2O/c1-7(6-9(10)12)8-4-2-3-5-11-8/h2-5,7H,6H2,1H3,(H2,10,12)/t7-/m0/s1. The summed E-state index contributed by atoms with van der Waals surface area (Å²) in [7, 11) is 0. The predicted octanol–water partition coefficient (Wildman–Crippen LogP) is 1.06. The van der Waals surface area contributed by atoms with E-state index in [1.807, 2.05) is 25.1 Å². The van der Waals surface area contributed by atoms with Crippen molar-refractivity contribution in [3.05, 3.63) is 30.1 Å². The van der Waals surface area contributed by atoms with Crippen molar-refractivity contribution in [3.63, 3.8) is 0 Å². The molecule has 0 unspecified atom stereocenters. The number of amides is 1. The molecule has 1 amide bonds. The van der Waals surface area contributed by atoms with Gasteiger partial charge in [0.2, 0.25) is 5.91 Å². The largest absolute Gasteiger partial charge is 0.370 e. The smallest absolute Gasteiger partial charge is 0.218 e. The summed E-state index contributed by atoms with van der Waals surface area (Å²) in [6, 6.07) is 5.65. The molecule has 1 atom stereocenters. The van der Waals surface area contributed by atoms with Crippen LogP contribution < -0.4 is 5.73 Å². The fourth-order valence-electron chi connectivity index (χ4n) is 1.07. The van der Waals surface area contributed by atoms with Crippen molar-refractivity contribution in [2.75, 3.05) is 0 Å². The first-order valence-electron chi connectivity index (χ1n) is 3.89. The van der Waals surface area contributed by atoms with Gasteiger partial charge in [-0.05, 0) is 12.1 Å². The maximum absolute atomic E-state index is 10.6. The fourth-order valence-corrected chi connectivity index (χ4v) is 1.07. The molecule has 3 heteroatoms. The van der Waals surface area contributed by atoms with E-state index >= 15 is 0 Å². The van der Waals surface area contributed by atoms with Crippen molar-refractivity contribution in [1.29, 1.82) is 0 Å². The molecule has 0 aliphatic heterocycles. The van der Waals surface area contributed by atoms with E-state index in [0.717, 1.165) is 5.69 Å². The summed E-state index contributed by atoms with van der Waals surface area (Å²) in [4.78, 5) is 14.7. The van der Waals surface area contributed by atoms with E-state index in [-0.39, 0.29) is 11.8 Å². The number of hydrogen-bond donors (Lipinski definition) is 1. The van der Waals surface area contributed by atoms with Crippen molar-refractivity contribution >= 4 is 5.91 Å². The third-order valence-corrected chi connectivity index (χ3v) is 1.70. The van der Waals surface area contributed by atoms with E-state index in [1.165, 1.54) is 0 Å².